The van der Waals surface area contributed by atoms with E-state index in [0.29, 0.717) is 0 Å². The summed E-state index contributed by atoms with van der Waals surface area (Å²) in [4.78, 5) is 0. The van der Waals surface area contributed by atoms with Crippen LogP contribution in [0.25, 0.3) is 6.08 Å². The van der Waals surface area contributed by atoms with Gasteiger partial charge in [0, 0.05) is 6.61 Å². The molecule has 0 spiro atoms. The summed E-state index contributed by atoms with van der Waals surface area (Å²) in [6.07, 6.45) is 4.71. The van der Waals surface area contributed by atoms with Crippen LogP contribution in [0.15, 0.2) is 36.4 Å². The van der Waals surface area contributed by atoms with Gasteiger partial charge in [0.15, 0.2) is 0 Å². The van der Waals surface area contributed by atoms with Crippen LogP contribution in [0.2, 0.25) is 0 Å². The van der Waals surface area contributed by atoms with Crippen LogP contribution in [-0.4, -0.2) is 11.7 Å². The van der Waals surface area contributed by atoms with Gasteiger partial charge in [0.1, 0.15) is 0 Å². The number of hydrogen-bond donors (Lipinski definition) is 1. The van der Waals surface area contributed by atoms with E-state index >= 15 is 0 Å². The largest absolute Gasteiger partial charge is 0.396 e. The third-order valence-corrected chi connectivity index (χ3v) is 1.41. The molecule has 1 nitrogen and oxygen atoms in total. The third kappa shape index (κ3) is 3.01. The minimum absolute atomic E-state index is 0.226. The van der Waals surface area contributed by atoms with E-state index in [0.717, 1.165) is 6.42 Å². The molecule has 0 saturated carbocycles. The Morgan fingerprint density at radius 2 is 1.91 bits per heavy atom. The molecule has 0 aliphatic rings. The molecule has 1 N–H and O–H groups in total. The van der Waals surface area contributed by atoms with Crippen molar-refractivity contribution in [1.29, 1.82) is 0 Å². The van der Waals surface area contributed by atoms with Crippen molar-refractivity contribution in [3.8, 4) is 0 Å². The summed E-state index contributed by atoms with van der Waals surface area (Å²) >= 11 is 0. The van der Waals surface area contributed by atoms with Crippen molar-refractivity contribution >= 4 is 6.08 Å². The fourth-order valence-electron chi connectivity index (χ4n) is 0.858. The van der Waals surface area contributed by atoms with Crippen LogP contribution in [-0.2, 0) is 0 Å². The molecule has 0 heterocycles. The van der Waals surface area contributed by atoms with Crippen LogP contribution in [0.4, 0.5) is 0 Å². The normalized spacial score (nSPS) is 10.6. The lowest BCUT2D eigenvalue weighted by atomic mass is 10.2. The van der Waals surface area contributed by atoms with Crippen molar-refractivity contribution in [1.82, 2.24) is 0 Å². The molecule has 1 rings (SSSR count). The summed E-state index contributed by atoms with van der Waals surface area (Å²) in [6.45, 7) is 0.226. The fourth-order valence-corrected chi connectivity index (χ4v) is 0.858. The first-order chi connectivity index (χ1) is 5.43. The number of rotatable bonds is 3. The first kappa shape index (κ1) is 8.02. The predicted molar refractivity (Wildman–Crippen MR) is 47.2 cm³/mol. The molecule has 11 heavy (non-hydrogen) atoms. The Bertz CT molecular complexity index is 214. The number of hydrogen-bond acceptors (Lipinski definition) is 1. The third-order valence-electron chi connectivity index (χ3n) is 1.41. The van der Waals surface area contributed by atoms with Crippen molar-refractivity contribution in [2.75, 3.05) is 6.61 Å². The zero-order chi connectivity index (χ0) is 7.94. The van der Waals surface area contributed by atoms with Gasteiger partial charge in [-0.05, 0) is 12.0 Å². The molecule has 0 fully saturated rings. The Morgan fingerprint density at radius 1 is 1.18 bits per heavy atom. The lowest BCUT2D eigenvalue weighted by Crippen LogP contribution is -1.75. The van der Waals surface area contributed by atoms with E-state index in [4.69, 9.17) is 5.11 Å². The monoisotopic (exact) mass is 148 g/mol. The Kier molecular flexibility index (Phi) is 3.42. The van der Waals surface area contributed by atoms with Gasteiger partial charge in [0.25, 0.3) is 0 Å². The van der Waals surface area contributed by atoms with Gasteiger partial charge in [0.05, 0.1) is 0 Å². The van der Waals surface area contributed by atoms with Gasteiger partial charge in [-0.15, -0.1) is 0 Å². The minimum atomic E-state index is 0.226. The Morgan fingerprint density at radius 3 is 2.55 bits per heavy atom. The van der Waals surface area contributed by atoms with E-state index in [1.807, 2.05) is 42.5 Å². The van der Waals surface area contributed by atoms with Crippen LogP contribution >= 0.6 is 0 Å². The molecular weight excluding hydrogens is 136 g/mol. The topological polar surface area (TPSA) is 20.2 Å². The van der Waals surface area contributed by atoms with Gasteiger partial charge in [-0.25, -0.2) is 0 Å². The van der Waals surface area contributed by atoms with Crippen molar-refractivity contribution in [3.63, 3.8) is 0 Å². The molecular formula is C10H12O. The number of aliphatic hydroxyl groups is 1. The van der Waals surface area contributed by atoms with Gasteiger partial charge in [0.2, 0.25) is 0 Å². The minimum Gasteiger partial charge on any atom is -0.396 e. The van der Waals surface area contributed by atoms with Gasteiger partial charge in [-0.2, -0.15) is 0 Å². The maximum atomic E-state index is 8.49. The zero-order valence-electron chi connectivity index (χ0n) is 6.40. The highest BCUT2D eigenvalue weighted by atomic mass is 16.2. The molecule has 0 aromatic heterocycles. The highest BCUT2D eigenvalue weighted by molar-refractivity contribution is 5.48. The van der Waals surface area contributed by atoms with Gasteiger partial charge >= 0.3 is 0 Å². The first-order valence-electron chi connectivity index (χ1n) is 3.76. The molecule has 1 heteroatoms. The van der Waals surface area contributed by atoms with Crippen molar-refractivity contribution in [2.45, 2.75) is 6.42 Å². The van der Waals surface area contributed by atoms with Crippen LogP contribution in [0.1, 0.15) is 12.0 Å². The quantitative estimate of drug-likeness (QED) is 0.695. The Hall–Kier alpha value is -1.08. The Balaban J connectivity index is 2.50. The summed E-state index contributed by atoms with van der Waals surface area (Å²) in [7, 11) is 0. The smallest absolute Gasteiger partial charge is 0.0465 e. The summed E-state index contributed by atoms with van der Waals surface area (Å²) in [6, 6.07) is 10.1. The maximum absolute atomic E-state index is 8.49. The van der Waals surface area contributed by atoms with Crippen LogP contribution in [0, 0.1) is 0 Å². The summed E-state index contributed by atoms with van der Waals surface area (Å²) in [5, 5.41) is 8.49. The highest BCUT2D eigenvalue weighted by Gasteiger charge is 1.80. The van der Waals surface area contributed by atoms with Crippen LogP contribution < -0.4 is 0 Å². The van der Waals surface area contributed by atoms with Gasteiger partial charge in [-0.3, -0.25) is 0 Å². The lowest BCUT2D eigenvalue weighted by Gasteiger charge is -1.89. The molecule has 0 saturated heterocycles. The number of aliphatic hydroxyl groups excluding tert-OH is 1. The van der Waals surface area contributed by atoms with Gasteiger partial charge < -0.3 is 5.11 Å². The molecule has 0 aliphatic carbocycles. The van der Waals surface area contributed by atoms with E-state index < -0.39 is 0 Å². The second-order valence-corrected chi connectivity index (χ2v) is 2.33. The molecule has 0 unspecified atom stereocenters. The molecule has 1 aromatic rings. The SMILES string of the molecule is OCCC=Cc1ccccc1. The van der Waals surface area contributed by atoms with E-state index in [1.54, 1.807) is 0 Å². The second kappa shape index (κ2) is 4.69. The van der Waals surface area contributed by atoms with Crippen molar-refractivity contribution in [2.24, 2.45) is 0 Å². The Labute approximate surface area is 67.0 Å². The zero-order valence-corrected chi connectivity index (χ0v) is 6.40. The molecule has 0 amide bonds. The first-order valence-corrected chi connectivity index (χ1v) is 3.76. The molecule has 0 radical (unpaired) electrons. The van der Waals surface area contributed by atoms with E-state index in [-0.39, 0.29) is 6.61 Å². The molecule has 58 valence electrons. The van der Waals surface area contributed by atoms with Gasteiger partial charge in [-0.1, -0.05) is 42.5 Å². The molecule has 0 aliphatic heterocycles. The van der Waals surface area contributed by atoms with E-state index in [2.05, 4.69) is 0 Å². The van der Waals surface area contributed by atoms with Crippen LogP contribution in [0.5, 0.6) is 0 Å². The molecule has 0 atom stereocenters. The highest BCUT2D eigenvalue weighted by Crippen LogP contribution is 2.00. The van der Waals surface area contributed by atoms with Crippen LogP contribution in [0.3, 0.4) is 0 Å². The summed E-state index contributed by atoms with van der Waals surface area (Å²) in [5.74, 6) is 0. The summed E-state index contributed by atoms with van der Waals surface area (Å²) < 4.78 is 0. The van der Waals surface area contributed by atoms with Crippen molar-refractivity contribution in [3.05, 3.63) is 42.0 Å². The summed E-state index contributed by atoms with van der Waals surface area (Å²) in [5.41, 5.74) is 1.18. The average molecular weight is 148 g/mol. The average Bonchev–Trinajstić information content (AvgIpc) is 2.07. The molecule has 1 aromatic carbocycles. The second-order valence-electron chi connectivity index (χ2n) is 2.33. The standard InChI is InChI=1S/C10H12O/c11-9-5-4-8-10-6-2-1-3-7-10/h1-4,6-8,11H,5,9H2. The number of benzene rings is 1. The van der Waals surface area contributed by atoms with E-state index in [1.165, 1.54) is 5.56 Å². The maximum Gasteiger partial charge on any atom is 0.0465 e. The van der Waals surface area contributed by atoms with E-state index in [9.17, 15) is 0 Å². The fraction of sp³-hybridized carbons (Fsp3) is 0.200. The molecule has 0 bridgehead atoms. The van der Waals surface area contributed by atoms with Crippen molar-refractivity contribution < 1.29 is 5.11 Å². The lowest BCUT2D eigenvalue weighted by molar-refractivity contribution is 0.303. The predicted octanol–water partition coefficient (Wildman–Crippen LogP) is 2.08.